The molecule has 1 aliphatic carbocycles. The van der Waals surface area contributed by atoms with Crippen LogP contribution in [0.1, 0.15) is 32.7 Å². The predicted octanol–water partition coefficient (Wildman–Crippen LogP) is 0.431. The van der Waals surface area contributed by atoms with Crippen LogP contribution < -0.4 is 5.69 Å². The van der Waals surface area contributed by atoms with Gasteiger partial charge in [0.2, 0.25) is 0 Å². The van der Waals surface area contributed by atoms with Gasteiger partial charge in [-0.25, -0.2) is 4.79 Å². The first-order chi connectivity index (χ1) is 6.18. The van der Waals surface area contributed by atoms with Gasteiger partial charge in [0, 0.05) is 0 Å². The fourth-order valence-corrected chi connectivity index (χ4v) is 1.29. The van der Waals surface area contributed by atoms with Crippen molar-refractivity contribution in [2.24, 2.45) is 5.92 Å². The van der Waals surface area contributed by atoms with Crippen LogP contribution in [-0.4, -0.2) is 19.8 Å². The zero-order chi connectivity index (χ0) is 9.42. The Kier molecular flexibility index (Phi) is 1.94. The molecule has 5 heteroatoms. The highest BCUT2D eigenvalue weighted by Gasteiger charge is 2.27. The third-order valence-corrected chi connectivity index (χ3v) is 2.09. The van der Waals surface area contributed by atoms with Crippen molar-refractivity contribution in [2.75, 3.05) is 0 Å². The molecule has 0 spiro atoms. The van der Waals surface area contributed by atoms with Gasteiger partial charge in [-0.05, 0) is 29.2 Å². The third-order valence-electron chi connectivity index (χ3n) is 2.09. The third kappa shape index (κ3) is 1.64. The van der Waals surface area contributed by atoms with Crippen molar-refractivity contribution in [2.45, 2.75) is 39.3 Å². The molecule has 0 radical (unpaired) electrons. The maximum absolute atomic E-state index is 11.6. The number of rotatable bonds is 3. The molecule has 1 fully saturated rings. The maximum atomic E-state index is 11.6. The van der Waals surface area contributed by atoms with Crippen LogP contribution in [0.4, 0.5) is 0 Å². The van der Waals surface area contributed by atoms with Gasteiger partial charge < -0.3 is 0 Å². The normalized spacial score (nSPS) is 16.8. The van der Waals surface area contributed by atoms with Crippen molar-refractivity contribution in [1.82, 2.24) is 19.8 Å². The van der Waals surface area contributed by atoms with Crippen LogP contribution in [0, 0.1) is 5.92 Å². The number of aromatic nitrogens is 4. The SMILES string of the molecule is CC(C)Cn1nnn(C2CC2)c1=O. The molecule has 1 aliphatic rings. The van der Waals surface area contributed by atoms with Crippen molar-refractivity contribution in [3.63, 3.8) is 0 Å². The van der Waals surface area contributed by atoms with Crippen LogP contribution >= 0.6 is 0 Å². The van der Waals surface area contributed by atoms with E-state index in [0.717, 1.165) is 12.8 Å². The average molecular weight is 182 g/mol. The van der Waals surface area contributed by atoms with E-state index in [1.807, 2.05) is 0 Å². The topological polar surface area (TPSA) is 52.7 Å². The van der Waals surface area contributed by atoms with E-state index in [-0.39, 0.29) is 5.69 Å². The van der Waals surface area contributed by atoms with Crippen molar-refractivity contribution in [3.05, 3.63) is 10.5 Å². The van der Waals surface area contributed by atoms with Crippen LogP contribution in [0.15, 0.2) is 4.79 Å². The van der Waals surface area contributed by atoms with Crippen molar-refractivity contribution < 1.29 is 0 Å². The van der Waals surface area contributed by atoms with Gasteiger partial charge in [-0.1, -0.05) is 13.8 Å². The first kappa shape index (κ1) is 8.47. The van der Waals surface area contributed by atoms with Gasteiger partial charge in [0.1, 0.15) is 0 Å². The molecule has 0 saturated heterocycles. The Morgan fingerprint density at radius 2 is 2.15 bits per heavy atom. The highest BCUT2D eigenvalue weighted by Crippen LogP contribution is 2.32. The molecule has 1 heterocycles. The van der Waals surface area contributed by atoms with Crippen molar-refractivity contribution >= 4 is 0 Å². The monoisotopic (exact) mass is 182 g/mol. The maximum Gasteiger partial charge on any atom is 0.363 e. The number of hydrogen-bond acceptors (Lipinski definition) is 3. The van der Waals surface area contributed by atoms with Gasteiger partial charge in [-0.15, -0.1) is 0 Å². The first-order valence-electron chi connectivity index (χ1n) is 4.71. The Bertz CT molecular complexity index is 347. The van der Waals surface area contributed by atoms with Crippen LogP contribution in [0.25, 0.3) is 0 Å². The Morgan fingerprint density at radius 3 is 2.69 bits per heavy atom. The fraction of sp³-hybridized carbons (Fsp3) is 0.875. The summed E-state index contributed by atoms with van der Waals surface area (Å²) in [6.07, 6.45) is 2.14. The molecule has 0 unspecified atom stereocenters. The van der Waals surface area contributed by atoms with Gasteiger partial charge in [-0.3, -0.25) is 0 Å². The van der Waals surface area contributed by atoms with Gasteiger partial charge >= 0.3 is 5.69 Å². The van der Waals surface area contributed by atoms with E-state index in [2.05, 4.69) is 24.3 Å². The molecule has 72 valence electrons. The summed E-state index contributed by atoms with van der Waals surface area (Å²) in [4.78, 5) is 11.6. The second-order valence-electron chi connectivity index (χ2n) is 4.01. The predicted molar refractivity (Wildman–Crippen MR) is 47.4 cm³/mol. The number of tetrazole rings is 1. The molecular formula is C8H14N4O. The van der Waals surface area contributed by atoms with Gasteiger partial charge in [0.15, 0.2) is 0 Å². The molecule has 1 aromatic heterocycles. The summed E-state index contributed by atoms with van der Waals surface area (Å²) < 4.78 is 2.95. The molecule has 5 nitrogen and oxygen atoms in total. The Balaban J connectivity index is 2.22. The van der Waals surface area contributed by atoms with Crippen LogP contribution in [-0.2, 0) is 6.54 Å². The number of hydrogen-bond donors (Lipinski definition) is 0. The molecule has 0 N–H and O–H groups in total. The molecule has 0 bridgehead atoms. The summed E-state index contributed by atoms with van der Waals surface area (Å²) >= 11 is 0. The minimum atomic E-state index is -0.0591. The molecule has 13 heavy (non-hydrogen) atoms. The van der Waals surface area contributed by atoms with Crippen LogP contribution in [0.3, 0.4) is 0 Å². The lowest BCUT2D eigenvalue weighted by Crippen LogP contribution is -2.26. The van der Waals surface area contributed by atoms with E-state index < -0.39 is 0 Å². The summed E-state index contributed by atoms with van der Waals surface area (Å²) in [6.45, 7) is 4.77. The Hall–Kier alpha value is -1.13. The largest absolute Gasteiger partial charge is 0.363 e. The van der Waals surface area contributed by atoms with E-state index in [0.29, 0.717) is 18.5 Å². The highest BCUT2D eigenvalue weighted by molar-refractivity contribution is 4.80. The minimum Gasteiger partial charge on any atom is -0.244 e. The average Bonchev–Trinajstić information content (AvgIpc) is 2.81. The zero-order valence-electron chi connectivity index (χ0n) is 7.97. The van der Waals surface area contributed by atoms with Gasteiger partial charge in [0.05, 0.1) is 12.6 Å². The van der Waals surface area contributed by atoms with E-state index >= 15 is 0 Å². The Morgan fingerprint density at radius 1 is 1.46 bits per heavy atom. The first-order valence-corrected chi connectivity index (χ1v) is 4.71. The molecule has 0 amide bonds. The highest BCUT2D eigenvalue weighted by atomic mass is 16.2. The van der Waals surface area contributed by atoms with Gasteiger partial charge in [-0.2, -0.15) is 9.36 Å². The molecule has 0 atom stereocenters. The van der Waals surface area contributed by atoms with Gasteiger partial charge in [0.25, 0.3) is 0 Å². The summed E-state index contributed by atoms with van der Waals surface area (Å²) in [5, 5.41) is 7.68. The lowest BCUT2D eigenvalue weighted by molar-refractivity contribution is 0.461. The molecule has 0 aromatic carbocycles. The molecular weight excluding hydrogens is 168 g/mol. The van der Waals surface area contributed by atoms with E-state index in [9.17, 15) is 4.79 Å². The minimum absolute atomic E-state index is 0.0591. The quantitative estimate of drug-likeness (QED) is 0.681. The zero-order valence-corrected chi connectivity index (χ0v) is 7.97. The summed E-state index contributed by atoms with van der Waals surface area (Å²) in [6, 6.07) is 0.327. The smallest absolute Gasteiger partial charge is 0.244 e. The standard InChI is InChI=1S/C8H14N4O/c1-6(2)5-11-8(13)12(10-9-11)7-3-4-7/h6-7H,3-5H2,1-2H3. The second-order valence-corrected chi connectivity index (χ2v) is 4.01. The van der Waals surface area contributed by atoms with Crippen molar-refractivity contribution in [3.8, 4) is 0 Å². The second kappa shape index (κ2) is 2.97. The van der Waals surface area contributed by atoms with Crippen molar-refractivity contribution in [1.29, 1.82) is 0 Å². The van der Waals surface area contributed by atoms with Crippen LogP contribution in [0.5, 0.6) is 0 Å². The summed E-state index contributed by atoms with van der Waals surface area (Å²) in [5.74, 6) is 0.432. The summed E-state index contributed by atoms with van der Waals surface area (Å²) in [5.41, 5.74) is -0.0591. The summed E-state index contributed by atoms with van der Waals surface area (Å²) in [7, 11) is 0. The lowest BCUT2D eigenvalue weighted by atomic mass is 10.2. The van der Waals surface area contributed by atoms with E-state index in [1.165, 1.54) is 9.36 Å². The molecule has 1 saturated carbocycles. The van der Waals surface area contributed by atoms with Crippen LogP contribution in [0.2, 0.25) is 0 Å². The molecule has 0 aliphatic heterocycles. The molecule has 2 rings (SSSR count). The Labute approximate surface area is 76.3 Å². The van der Waals surface area contributed by atoms with E-state index in [4.69, 9.17) is 0 Å². The fourth-order valence-electron chi connectivity index (χ4n) is 1.29. The molecule has 1 aromatic rings. The number of nitrogens with zero attached hydrogens (tertiary/aromatic N) is 4. The van der Waals surface area contributed by atoms with E-state index in [1.54, 1.807) is 0 Å². The lowest BCUT2D eigenvalue weighted by Gasteiger charge is -2.00.